The predicted molar refractivity (Wildman–Crippen MR) is 221 cm³/mol. The van der Waals surface area contributed by atoms with Crippen LogP contribution in [0.4, 0.5) is 0 Å². The lowest BCUT2D eigenvalue weighted by atomic mass is 9.90. The molecule has 1 aliphatic heterocycles. The van der Waals surface area contributed by atoms with E-state index >= 15 is 0 Å². The van der Waals surface area contributed by atoms with Gasteiger partial charge in [0.15, 0.2) is 0 Å². The molecule has 12 rings (SSSR count). The molecule has 0 spiro atoms. The number of nitrogens with zero attached hydrogens (tertiary/aromatic N) is 2. The van der Waals surface area contributed by atoms with E-state index in [1.54, 1.807) is 0 Å². The summed E-state index contributed by atoms with van der Waals surface area (Å²) in [7, 11) is 0. The minimum Gasteiger partial charge on any atom is -0.456 e. The van der Waals surface area contributed by atoms with E-state index in [9.17, 15) is 0 Å². The molecule has 3 heterocycles. The molecule has 0 aliphatic carbocycles. The molecule has 0 saturated carbocycles. The number of hydrogen-bond acceptors (Lipinski definition) is 1. The van der Waals surface area contributed by atoms with Gasteiger partial charge < -0.3 is 13.9 Å². The summed E-state index contributed by atoms with van der Waals surface area (Å²) in [5, 5.41) is 9.81. The standard InChI is InChI=1S/C50H30N2O/c1-2-13-35(14-3-1)51-43-19-8-6-15-37(43)38-25-22-34(29-45(38)51)33-23-26-47-42(28-33)39-17-10-18-41-49-40-16-7-9-20-44(40)52(46(49)30-48(53-47)50(39)41)36-24-21-31-11-4-5-12-32(31)27-36/h1-30H. The van der Waals surface area contributed by atoms with Crippen LogP contribution in [0.15, 0.2) is 182 Å². The van der Waals surface area contributed by atoms with Crippen LogP contribution in [0.2, 0.25) is 0 Å². The van der Waals surface area contributed by atoms with Crippen molar-refractivity contribution < 1.29 is 4.74 Å². The van der Waals surface area contributed by atoms with Crippen LogP contribution in [0.3, 0.4) is 0 Å². The molecule has 11 aromatic rings. The van der Waals surface area contributed by atoms with Gasteiger partial charge in [0.25, 0.3) is 0 Å². The van der Waals surface area contributed by atoms with Crippen molar-refractivity contribution in [2.24, 2.45) is 0 Å². The van der Waals surface area contributed by atoms with Gasteiger partial charge in [0.1, 0.15) is 11.5 Å². The summed E-state index contributed by atoms with van der Waals surface area (Å²) < 4.78 is 11.7. The van der Waals surface area contributed by atoms with Gasteiger partial charge in [-0.2, -0.15) is 0 Å². The Hall–Kier alpha value is -7.10. The monoisotopic (exact) mass is 674 g/mol. The van der Waals surface area contributed by atoms with E-state index in [0.717, 1.165) is 44.9 Å². The third-order valence-corrected chi connectivity index (χ3v) is 11.3. The Balaban J connectivity index is 1.06. The maximum atomic E-state index is 6.88. The van der Waals surface area contributed by atoms with E-state index in [1.807, 2.05) is 0 Å². The first-order valence-corrected chi connectivity index (χ1v) is 18.2. The molecule has 53 heavy (non-hydrogen) atoms. The van der Waals surface area contributed by atoms with Crippen molar-refractivity contribution in [2.45, 2.75) is 0 Å². The minimum absolute atomic E-state index is 0.876. The lowest BCUT2D eigenvalue weighted by Gasteiger charge is -2.23. The molecule has 0 N–H and O–H groups in total. The Morgan fingerprint density at radius 2 is 1.00 bits per heavy atom. The molecular weight excluding hydrogens is 645 g/mol. The molecule has 1 aliphatic rings. The van der Waals surface area contributed by atoms with Crippen LogP contribution in [-0.2, 0) is 0 Å². The fourth-order valence-electron chi connectivity index (χ4n) is 8.93. The van der Waals surface area contributed by atoms with Crippen LogP contribution < -0.4 is 4.74 Å². The quantitative estimate of drug-likeness (QED) is 0.183. The van der Waals surface area contributed by atoms with Crippen LogP contribution in [0.25, 0.3) is 98.8 Å². The molecule has 9 aromatic carbocycles. The van der Waals surface area contributed by atoms with E-state index in [1.165, 1.54) is 65.4 Å². The largest absolute Gasteiger partial charge is 0.456 e. The van der Waals surface area contributed by atoms with Crippen LogP contribution >= 0.6 is 0 Å². The van der Waals surface area contributed by atoms with E-state index in [2.05, 4.69) is 191 Å². The molecule has 0 unspecified atom stereocenters. The predicted octanol–water partition coefficient (Wildman–Crippen LogP) is 13.6. The summed E-state index contributed by atoms with van der Waals surface area (Å²) in [5.74, 6) is 1.77. The van der Waals surface area contributed by atoms with Gasteiger partial charge in [-0.25, -0.2) is 0 Å². The summed E-state index contributed by atoms with van der Waals surface area (Å²) in [5.41, 5.74) is 11.7. The Kier molecular flexibility index (Phi) is 5.77. The Morgan fingerprint density at radius 1 is 0.321 bits per heavy atom. The molecule has 3 heteroatoms. The van der Waals surface area contributed by atoms with Crippen molar-refractivity contribution in [1.29, 1.82) is 0 Å². The Bertz CT molecular complexity index is 3310. The molecule has 0 radical (unpaired) electrons. The molecule has 0 amide bonds. The number of ether oxygens (including phenoxy) is 1. The molecule has 246 valence electrons. The van der Waals surface area contributed by atoms with Gasteiger partial charge in [0, 0.05) is 49.9 Å². The van der Waals surface area contributed by atoms with E-state index in [0.29, 0.717) is 0 Å². The van der Waals surface area contributed by atoms with Crippen molar-refractivity contribution in [3.8, 4) is 45.1 Å². The number of rotatable bonds is 3. The number of fused-ring (bicyclic) bond motifs is 10. The smallest absolute Gasteiger partial charge is 0.138 e. The fourth-order valence-corrected chi connectivity index (χ4v) is 8.93. The highest BCUT2D eigenvalue weighted by Crippen LogP contribution is 2.51. The number of aromatic nitrogens is 2. The normalized spacial score (nSPS) is 12.3. The van der Waals surface area contributed by atoms with E-state index in [-0.39, 0.29) is 0 Å². The van der Waals surface area contributed by atoms with Gasteiger partial charge in [-0.3, -0.25) is 0 Å². The summed E-state index contributed by atoms with van der Waals surface area (Å²) >= 11 is 0. The molecule has 0 bridgehead atoms. The lowest BCUT2D eigenvalue weighted by molar-refractivity contribution is 0.487. The number of para-hydroxylation sites is 3. The zero-order valence-electron chi connectivity index (χ0n) is 28.6. The molecule has 3 nitrogen and oxygen atoms in total. The van der Waals surface area contributed by atoms with Crippen LogP contribution in [0.1, 0.15) is 0 Å². The van der Waals surface area contributed by atoms with Gasteiger partial charge in [-0.1, -0.05) is 121 Å². The highest BCUT2D eigenvalue weighted by Gasteiger charge is 2.25. The lowest BCUT2D eigenvalue weighted by Crippen LogP contribution is -1.99. The Morgan fingerprint density at radius 3 is 1.89 bits per heavy atom. The van der Waals surface area contributed by atoms with Gasteiger partial charge >= 0.3 is 0 Å². The van der Waals surface area contributed by atoms with Crippen molar-refractivity contribution in [3.05, 3.63) is 182 Å². The third-order valence-electron chi connectivity index (χ3n) is 11.3. The number of benzene rings is 9. The molecule has 0 saturated heterocycles. The SMILES string of the molecule is c1ccc(-n2c3ccccc3c3ccc(-c4ccc5c(c4)-c4cccc6c4c(cc4c6c6ccccc6n4-c4ccc6ccccc6c4)O5)cc32)cc1. The molecular formula is C50H30N2O. The zero-order chi connectivity index (χ0) is 34.6. The first-order valence-electron chi connectivity index (χ1n) is 18.2. The van der Waals surface area contributed by atoms with Gasteiger partial charge in [-0.05, 0) is 87.4 Å². The maximum Gasteiger partial charge on any atom is 0.138 e. The van der Waals surface area contributed by atoms with Crippen molar-refractivity contribution in [2.75, 3.05) is 0 Å². The highest BCUT2D eigenvalue weighted by atomic mass is 16.5. The van der Waals surface area contributed by atoms with Gasteiger partial charge in [0.05, 0.1) is 22.1 Å². The second kappa shape index (κ2) is 10.7. The molecule has 0 fully saturated rings. The average Bonchev–Trinajstić information content (AvgIpc) is 3.73. The van der Waals surface area contributed by atoms with Gasteiger partial charge in [-0.15, -0.1) is 0 Å². The zero-order valence-corrected chi connectivity index (χ0v) is 28.6. The summed E-state index contributed by atoms with van der Waals surface area (Å²) in [6.45, 7) is 0. The van der Waals surface area contributed by atoms with Crippen LogP contribution in [-0.4, -0.2) is 9.13 Å². The van der Waals surface area contributed by atoms with Crippen molar-refractivity contribution in [3.63, 3.8) is 0 Å². The topological polar surface area (TPSA) is 19.1 Å². The highest BCUT2D eigenvalue weighted by molar-refractivity contribution is 6.25. The number of hydrogen-bond donors (Lipinski definition) is 0. The molecule has 2 aromatic heterocycles. The summed E-state index contributed by atoms with van der Waals surface area (Å²) in [4.78, 5) is 0. The minimum atomic E-state index is 0.876. The van der Waals surface area contributed by atoms with Gasteiger partial charge in [0.2, 0.25) is 0 Å². The van der Waals surface area contributed by atoms with E-state index in [4.69, 9.17) is 4.74 Å². The average molecular weight is 675 g/mol. The second-order valence-electron chi connectivity index (χ2n) is 14.1. The first kappa shape index (κ1) is 28.6. The van der Waals surface area contributed by atoms with Crippen LogP contribution in [0.5, 0.6) is 11.5 Å². The molecule has 0 atom stereocenters. The van der Waals surface area contributed by atoms with Crippen molar-refractivity contribution in [1.82, 2.24) is 9.13 Å². The first-order chi connectivity index (χ1) is 26.3. The summed E-state index contributed by atoms with van der Waals surface area (Å²) in [6.07, 6.45) is 0. The second-order valence-corrected chi connectivity index (χ2v) is 14.1. The Labute approximate surface area is 305 Å². The van der Waals surface area contributed by atoms with Crippen LogP contribution in [0, 0.1) is 0 Å². The summed E-state index contributed by atoms with van der Waals surface area (Å²) in [6, 6.07) is 65.9. The third kappa shape index (κ3) is 4.05. The fraction of sp³-hybridized carbons (Fsp3) is 0. The van der Waals surface area contributed by atoms with E-state index < -0.39 is 0 Å². The maximum absolute atomic E-state index is 6.88. The van der Waals surface area contributed by atoms with Crippen molar-refractivity contribution >= 4 is 65.2 Å².